The van der Waals surface area contributed by atoms with E-state index in [9.17, 15) is 9.59 Å². The highest BCUT2D eigenvalue weighted by Crippen LogP contribution is 2.02. The molecule has 0 saturated heterocycles. The normalized spacial score (nSPS) is 12.6. The van der Waals surface area contributed by atoms with Gasteiger partial charge in [-0.3, -0.25) is 4.79 Å². The van der Waals surface area contributed by atoms with Crippen LogP contribution in [0.2, 0.25) is 0 Å². The molecule has 1 amide bonds. The molecule has 2 N–H and O–H groups in total. The van der Waals surface area contributed by atoms with Crippen molar-refractivity contribution in [1.82, 2.24) is 5.32 Å². The molecular formula is C10H19NO3. The molecule has 0 aliphatic carbocycles. The summed E-state index contributed by atoms with van der Waals surface area (Å²) in [7, 11) is 0. The van der Waals surface area contributed by atoms with Gasteiger partial charge in [0.25, 0.3) is 0 Å². The minimum atomic E-state index is -0.951. The molecule has 14 heavy (non-hydrogen) atoms. The lowest BCUT2D eigenvalue weighted by Crippen LogP contribution is -2.42. The number of carboxylic acids is 1. The van der Waals surface area contributed by atoms with E-state index in [1.54, 1.807) is 13.8 Å². The number of carboxylic acid groups (broad SMARTS) is 1. The maximum atomic E-state index is 11.2. The fraction of sp³-hybridized carbons (Fsp3) is 0.800. The molecule has 0 fully saturated rings. The van der Waals surface area contributed by atoms with Gasteiger partial charge in [-0.2, -0.15) is 0 Å². The zero-order chi connectivity index (χ0) is 11.1. The number of hydrogen-bond acceptors (Lipinski definition) is 2. The lowest BCUT2D eigenvalue weighted by atomic mass is 10.1. The monoisotopic (exact) mass is 201 g/mol. The minimum absolute atomic E-state index is 0.168. The second-order valence-corrected chi connectivity index (χ2v) is 3.70. The van der Waals surface area contributed by atoms with E-state index >= 15 is 0 Å². The zero-order valence-electron chi connectivity index (χ0n) is 9.04. The lowest BCUT2D eigenvalue weighted by Gasteiger charge is -2.15. The van der Waals surface area contributed by atoms with Crippen LogP contribution in [0.15, 0.2) is 0 Å². The molecule has 4 heteroatoms. The van der Waals surface area contributed by atoms with Crippen molar-refractivity contribution in [3.8, 4) is 0 Å². The van der Waals surface area contributed by atoms with Gasteiger partial charge in [-0.1, -0.05) is 33.6 Å². The predicted octanol–water partition coefficient (Wildman–Crippen LogP) is 1.40. The van der Waals surface area contributed by atoms with Crippen molar-refractivity contribution in [3.63, 3.8) is 0 Å². The molecule has 0 heterocycles. The Kier molecular flexibility index (Phi) is 5.92. The first kappa shape index (κ1) is 12.9. The SMILES string of the molecule is CCCC[C@@H](NC(=O)C(C)C)C(=O)O. The van der Waals surface area contributed by atoms with Gasteiger partial charge >= 0.3 is 5.97 Å². The van der Waals surface area contributed by atoms with Crippen LogP contribution in [0.3, 0.4) is 0 Å². The van der Waals surface area contributed by atoms with E-state index in [2.05, 4.69) is 5.32 Å². The number of hydrogen-bond donors (Lipinski definition) is 2. The molecule has 0 aromatic heterocycles. The fourth-order valence-electron chi connectivity index (χ4n) is 1.00. The number of nitrogens with one attached hydrogen (secondary N) is 1. The largest absolute Gasteiger partial charge is 0.480 e. The highest BCUT2D eigenvalue weighted by atomic mass is 16.4. The van der Waals surface area contributed by atoms with Crippen LogP contribution in [-0.2, 0) is 9.59 Å². The number of unbranched alkanes of at least 4 members (excludes halogenated alkanes) is 1. The second-order valence-electron chi connectivity index (χ2n) is 3.70. The number of carbonyl (C=O) groups is 2. The van der Waals surface area contributed by atoms with Crippen molar-refractivity contribution in [3.05, 3.63) is 0 Å². The summed E-state index contributed by atoms with van der Waals surface area (Å²) in [5.74, 6) is -1.32. The highest BCUT2D eigenvalue weighted by Gasteiger charge is 2.20. The Hall–Kier alpha value is -1.06. The average molecular weight is 201 g/mol. The van der Waals surface area contributed by atoms with E-state index in [-0.39, 0.29) is 11.8 Å². The zero-order valence-corrected chi connectivity index (χ0v) is 9.04. The molecule has 82 valence electrons. The number of amides is 1. The first-order chi connectivity index (χ1) is 6.49. The molecule has 0 aromatic rings. The van der Waals surface area contributed by atoms with Gasteiger partial charge in [-0.25, -0.2) is 4.79 Å². The summed E-state index contributed by atoms with van der Waals surface area (Å²) in [6.45, 7) is 5.48. The molecule has 4 nitrogen and oxygen atoms in total. The van der Waals surface area contributed by atoms with Gasteiger partial charge in [0.05, 0.1) is 0 Å². The van der Waals surface area contributed by atoms with Crippen LogP contribution < -0.4 is 5.32 Å². The van der Waals surface area contributed by atoms with E-state index in [0.29, 0.717) is 6.42 Å². The van der Waals surface area contributed by atoms with Crippen molar-refractivity contribution in [2.45, 2.75) is 46.1 Å². The molecule has 0 spiro atoms. The topological polar surface area (TPSA) is 66.4 Å². The summed E-state index contributed by atoms with van der Waals surface area (Å²) in [5, 5.41) is 11.3. The summed E-state index contributed by atoms with van der Waals surface area (Å²) >= 11 is 0. The Morgan fingerprint density at radius 1 is 1.36 bits per heavy atom. The van der Waals surface area contributed by atoms with Crippen LogP contribution in [0.5, 0.6) is 0 Å². The summed E-state index contributed by atoms with van der Waals surface area (Å²) in [6, 6.07) is -0.732. The maximum Gasteiger partial charge on any atom is 0.326 e. The standard InChI is InChI=1S/C10H19NO3/c1-4-5-6-8(10(13)14)11-9(12)7(2)3/h7-8H,4-6H2,1-3H3,(H,11,12)(H,13,14)/t8-/m1/s1. The van der Waals surface area contributed by atoms with Crippen LogP contribution in [-0.4, -0.2) is 23.0 Å². The molecular weight excluding hydrogens is 182 g/mol. The summed E-state index contributed by atoms with van der Waals surface area (Å²) < 4.78 is 0. The van der Waals surface area contributed by atoms with E-state index < -0.39 is 12.0 Å². The van der Waals surface area contributed by atoms with Gasteiger partial charge in [0.2, 0.25) is 5.91 Å². The maximum absolute atomic E-state index is 11.2. The van der Waals surface area contributed by atoms with Crippen LogP contribution in [0.25, 0.3) is 0 Å². The Balaban J connectivity index is 4.09. The van der Waals surface area contributed by atoms with Crippen molar-refractivity contribution >= 4 is 11.9 Å². The van der Waals surface area contributed by atoms with Gasteiger partial charge in [-0.05, 0) is 6.42 Å². The van der Waals surface area contributed by atoms with E-state index in [4.69, 9.17) is 5.11 Å². The van der Waals surface area contributed by atoms with Crippen molar-refractivity contribution in [1.29, 1.82) is 0 Å². The van der Waals surface area contributed by atoms with Crippen molar-refractivity contribution in [2.24, 2.45) is 5.92 Å². The smallest absolute Gasteiger partial charge is 0.326 e. The molecule has 0 aliphatic heterocycles. The van der Waals surface area contributed by atoms with E-state index in [0.717, 1.165) is 12.8 Å². The third-order valence-corrected chi connectivity index (χ3v) is 1.99. The molecule has 0 bridgehead atoms. The van der Waals surface area contributed by atoms with Gasteiger partial charge in [-0.15, -0.1) is 0 Å². The molecule has 1 atom stereocenters. The minimum Gasteiger partial charge on any atom is -0.480 e. The molecule has 0 radical (unpaired) electrons. The van der Waals surface area contributed by atoms with E-state index in [1.165, 1.54) is 0 Å². The molecule has 0 saturated carbocycles. The molecule has 0 aliphatic rings. The van der Waals surface area contributed by atoms with Gasteiger partial charge in [0, 0.05) is 5.92 Å². The van der Waals surface area contributed by atoms with Crippen LogP contribution in [0.1, 0.15) is 40.0 Å². The second kappa shape index (κ2) is 6.40. The molecule has 0 unspecified atom stereocenters. The summed E-state index contributed by atoms with van der Waals surface area (Å²) in [5.41, 5.74) is 0. The lowest BCUT2D eigenvalue weighted by molar-refractivity contribution is -0.142. The van der Waals surface area contributed by atoms with Crippen LogP contribution in [0.4, 0.5) is 0 Å². The number of aliphatic carboxylic acids is 1. The summed E-state index contributed by atoms with van der Waals surface area (Å²) in [4.78, 5) is 22.0. The van der Waals surface area contributed by atoms with Crippen LogP contribution in [0, 0.1) is 5.92 Å². The van der Waals surface area contributed by atoms with Crippen LogP contribution >= 0.6 is 0 Å². The van der Waals surface area contributed by atoms with Gasteiger partial charge in [0.15, 0.2) is 0 Å². The first-order valence-corrected chi connectivity index (χ1v) is 5.02. The third-order valence-electron chi connectivity index (χ3n) is 1.99. The van der Waals surface area contributed by atoms with Crippen molar-refractivity contribution < 1.29 is 14.7 Å². The Labute approximate surface area is 84.7 Å². The van der Waals surface area contributed by atoms with Gasteiger partial charge in [0.1, 0.15) is 6.04 Å². The summed E-state index contributed by atoms with van der Waals surface area (Å²) in [6.07, 6.45) is 2.25. The predicted molar refractivity (Wildman–Crippen MR) is 53.9 cm³/mol. The quantitative estimate of drug-likeness (QED) is 0.682. The molecule has 0 aromatic carbocycles. The van der Waals surface area contributed by atoms with E-state index in [1.807, 2.05) is 6.92 Å². The number of carbonyl (C=O) groups excluding carboxylic acids is 1. The Bertz CT molecular complexity index is 202. The Morgan fingerprint density at radius 3 is 2.29 bits per heavy atom. The third kappa shape index (κ3) is 4.84. The molecule has 0 rings (SSSR count). The fourth-order valence-corrected chi connectivity index (χ4v) is 1.00. The Morgan fingerprint density at radius 2 is 1.93 bits per heavy atom. The first-order valence-electron chi connectivity index (χ1n) is 5.02. The van der Waals surface area contributed by atoms with Crippen molar-refractivity contribution in [2.75, 3.05) is 0 Å². The average Bonchev–Trinajstić information content (AvgIpc) is 2.10. The highest BCUT2D eigenvalue weighted by molar-refractivity contribution is 5.84. The number of rotatable bonds is 6. The van der Waals surface area contributed by atoms with Gasteiger partial charge < -0.3 is 10.4 Å².